The monoisotopic (exact) mass is 514 g/mol. The predicted molar refractivity (Wildman–Crippen MR) is 132 cm³/mol. The molecular weight excluding hydrogens is 499 g/mol. The lowest BCUT2D eigenvalue weighted by Gasteiger charge is -2.16. The highest BCUT2D eigenvalue weighted by atomic mass is 35.5. The summed E-state index contributed by atoms with van der Waals surface area (Å²) >= 11 is 18.0. The number of halogens is 3. The number of ether oxygens (including phenoxy) is 1. The fraction of sp³-hybridized carbons (Fsp3) is 0.0800. The summed E-state index contributed by atoms with van der Waals surface area (Å²) in [4.78, 5) is 28.9. The van der Waals surface area contributed by atoms with Gasteiger partial charge in [0.05, 0.1) is 21.1 Å². The number of rotatable bonds is 7. The van der Waals surface area contributed by atoms with Gasteiger partial charge in [-0.2, -0.15) is 0 Å². The van der Waals surface area contributed by atoms with Gasteiger partial charge in [0.15, 0.2) is 0 Å². The molecular formula is C25H17Cl3N2O4. The summed E-state index contributed by atoms with van der Waals surface area (Å²) in [7, 11) is 0. The summed E-state index contributed by atoms with van der Waals surface area (Å²) < 4.78 is 5.76. The minimum absolute atomic E-state index is 0.0352. The molecule has 0 aliphatic carbocycles. The number of amides is 1. The van der Waals surface area contributed by atoms with Gasteiger partial charge in [0.2, 0.25) is 5.88 Å². The number of hydrogen-bond acceptors (Lipinski definition) is 4. The van der Waals surface area contributed by atoms with E-state index in [1.807, 2.05) is 12.1 Å². The number of carbonyl (C=O) groups excluding carboxylic acids is 1. The molecule has 0 aliphatic heterocycles. The molecule has 4 aromatic rings. The second-order valence-corrected chi connectivity index (χ2v) is 8.65. The normalized spacial score (nSPS) is 11.7. The van der Waals surface area contributed by atoms with Crippen LogP contribution in [0.3, 0.4) is 0 Å². The first kappa shape index (κ1) is 23.8. The average Bonchev–Trinajstić information content (AvgIpc) is 2.80. The largest absolute Gasteiger partial charge is 0.480 e. The van der Waals surface area contributed by atoms with Crippen molar-refractivity contribution in [3.05, 3.63) is 99.0 Å². The third-order valence-electron chi connectivity index (χ3n) is 5.00. The lowest BCUT2D eigenvalue weighted by atomic mass is 10.0. The fourth-order valence-corrected chi connectivity index (χ4v) is 4.04. The van der Waals surface area contributed by atoms with E-state index in [-0.39, 0.29) is 22.0 Å². The topological polar surface area (TPSA) is 88.5 Å². The van der Waals surface area contributed by atoms with Crippen LogP contribution in [-0.2, 0) is 11.2 Å². The second kappa shape index (κ2) is 10.3. The number of aromatic nitrogens is 1. The molecule has 0 bridgehead atoms. The van der Waals surface area contributed by atoms with E-state index in [0.717, 1.165) is 5.39 Å². The maximum absolute atomic E-state index is 12.6. The minimum Gasteiger partial charge on any atom is -0.480 e. The Morgan fingerprint density at radius 3 is 2.32 bits per heavy atom. The fourth-order valence-electron chi connectivity index (χ4n) is 3.34. The van der Waals surface area contributed by atoms with Crippen LogP contribution in [0.1, 0.15) is 15.9 Å². The van der Waals surface area contributed by atoms with E-state index in [1.54, 1.807) is 48.5 Å². The highest BCUT2D eigenvalue weighted by Crippen LogP contribution is 2.26. The van der Waals surface area contributed by atoms with Gasteiger partial charge in [-0.15, -0.1) is 0 Å². The molecule has 0 fully saturated rings. The van der Waals surface area contributed by atoms with Gasteiger partial charge in [0.1, 0.15) is 11.8 Å². The third-order valence-corrected chi connectivity index (χ3v) is 5.88. The molecule has 0 saturated carbocycles. The Morgan fingerprint density at radius 1 is 0.941 bits per heavy atom. The Kier molecular flexibility index (Phi) is 7.22. The Morgan fingerprint density at radius 2 is 1.65 bits per heavy atom. The van der Waals surface area contributed by atoms with Crippen molar-refractivity contribution < 1.29 is 19.4 Å². The van der Waals surface area contributed by atoms with Gasteiger partial charge >= 0.3 is 5.97 Å². The second-order valence-electron chi connectivity index (χ2n) is 7.40. The van der Waals surface area contributed by atoms with E-state index in [0.29, 0.717) is 27.7 Å². The molecule has 9 heteroatoms. The van der Waals surface area contributed by atoms with E-state index >= 15 is 0 Å². The van der Waals surface area contributed by atoms with E-state index in [2.05, 4.69) is 10.3 Å². The molecule has 1 aromatic heterocycles. The van der Waals surface area contributed by atoms with Crippen LogP contribution >= 0.6 is 34.8 Å². The summed E-state index contributed by atoms with van der Waals surface area (Å²) in [5.74, 6) is -0.822. The molecule has 1 heterocycles. The van der Waals surface area contributed by atoms with E-state index in [4.69, 9.17) is 39.5 Å². The summed E-state index contributed by atoms with van der Waals surface area (Å²) in [5, 5.41) is 13.8. The van der Waals surface area contributed by atoms with Gasteiger partial charge in [-0.05, 0) is 60.2 Å². The lowest BCUT2D eigenvalue weighted by Crippen LogP contribution is -2.42. The molecule has 6 nitrogen and oxygen atoms in total. The van der Waals surface area contributed by atoms with Crippen LogP contribution in [0.15, 0.2) is 72.8 Å². The third kappa shape index (κ3) is 5.59. The zero-order valence-corrected chi connectivity index (χ0v) is 19.7. The molecule has 172 valence electrons. The van der Waals surface area contributed by atoms with Crippen molar-refractivity contribution in [3.8, 4) is 11.6 Å². The highest BCUT2D eigenvalue weighted by Gasteiger charge is 2.24. The van der Waals surface area contributed by atoms with Crippen LogP contribution in [0, 0.1) is 0 Å². The average molecular weight is 516 g/mol. The van der Waals surface area contributed by atoms with Crippen LogP contribution in [0.4, 0.5) is 0 Å². The van der Waals surface area contributed by atoms with Crippen LogP contribution in [-0.4, -0.2) is 28.0 Å². The van der Waals surface area contributed by atoms with Gasteiger partial charge in [-0.1, -0.05) is 46.9 Å². The summed E-state index contributed by atoms with van der Waals surface area (Å²) in [6, 6.07) is 19.3. The number of pyridine rings is 1. The Bertz CT molecular complexity index is 1360. The SMILES string of the molecule is O=C(NC(Cc1ccc2nc(Oc3ccc(Cl)cc3)ccc2c1)C(=O)O)c1c(Cl)cccc1Cl. The summed E-state index contributed by atoms with van der Waals surface area (Å²) in [6.45, 7) is 0. The molecule has 1 unspecified atom stereocenters. The van der Waals surface area contributed by atoms with Crippen molar-refractivity contribution in [2.45, 2.75) is 12.5 Å². The van der Waals surface area contributed by atoms with Crippen molar-refractivity contribution >= 4 is 57.6 Å². The van der Waals surface area contributed by atoms with Crippen molar-refractivity contribution in [2.24, 2.45) is 0 Å². The first-order valence-electron chi connectivity index (χ1n) is 10.1. The van der Waals surface area contributed by atoms with E-state index in [9.17, 15) is 14.7 Å². The van der Waals surface area contributed by atoms with E-state index < -0.39 is 17.9 Å². The maximum atomic E-state index is 12.6. The Balaban J connectivity index is 1.51. The first-order chi connectivity index (χ1) is 16.3. The molecule has 1 atom stereocenters. The quantitative estimate of drug-likeness (QED) is 0.297. The number of fused-ring (bicyclic) bond motifs is 1. The smallest absolute Gasteiger partial charge is 0.326 e. The van der Waals surface area contributed by atoms with Gasteiger partial charge in [-0.3, -0.25) is 4.79 Å². The van der Waals surface area contributed by atoms with Gasteiger partial charge in [0.25, 0.3) is 5.91 Å². The standard InChI is InChI=1S/C25H17Cl3N2O4/c26-16-6-8-17(9-7-16)34-22-11-5-15-12-14(4-10-20(15)29-22)13-21(25(32)33)30-24(31)23-18(27)2-1-3-19(23)28/h1-12,21H,13H2,(H,30,31)(H,32,33). The summed E-state index contributed by atoms with van der Waals surface area (Å²) in [5.41, 5.74) is 1.42. The molecule has 34 heavy (non-hydrogen) atoms. The number of aliphatic carboxylic acids is 1. The molecule has 3 aromatic carbocycles. The van der Waals surface area contributed by atoms with Gasteiger partial charge in [0, 0.05) is 22.9 Å². The van der Waals surface area contributed by atoms with Crippen LogP contribution in [0.2, 0.25) is 15.1 Å². The molecule has 0 radical (unpaired) electrons. The Labute approximate surface area is 210 Å². The molecule has 2 N–H and O–H groups in total. The zero-order valence-electron chi connectivity index (χ0n) is 17.5. The highest BCUT2D eigenvalue weighted by molar-refractivity contribution is 6.39. The first-order valence-corrected chi connectivity index (χ1v) is 11.2. The van der Waals surface area contributed by atoms with Crippen LogP contribution in [0.5, 0.6) is 11.6 Å². The van der Waals surface area contributed by atoms with Crippen LogP contribution < -0.4 is 10.1 Å². The number of nitrogens with one attached hydrogen (secondary N) is 1. The minimum atomic E-state index is -1.18. The number of nitrogens with zero attached hydrogens (tertiary/aromatic N) is 1. The van der Waals surface area contributed by atoms with Crippen molar-refractivity contribution in [2.75, 3.05) is 0 Å². The Hall–Kier alpha value is -3.32. The number of benzene rings is 3. The predicted octanol–water partition coefficient (Wildman–Crippen LogP) is 6.41. The van der Waals surface area contributed by atoms with Crippen molar-refractivity contribution in [1.29, 1.82) is 0 Å². The van der Waals surface area contributed by atoms with Crippen LogP contribution in [0.25, 0.3) is 10.9 Å². The van der Waals surface area contributed by atoms with Gasteiger partial charge in [-0.25, -0.2) is 9.78 Å². The van der Waals surface area contributed by atoms with Crippen molar-refractivity contribution in [1.82, 2.24) is 10.3 Å². The molecule has 0 spiro atoms. The number of carbonyl (C=O) groups is 2. The zero-order chi connectivity index (χ0) is 24.2. The molecule has 1 amide bonds. The van der Waals surface area contributed by atoms with Gasteiger partial charge < -0.3 is 15.2 Å². The van der Waals surface area contributed by atoms with Crippen molar-refractivity contribution in [3.63, 3.8) is 0 Å². The molecule has 0 aliphatic rings. The number of hydrogen-bond donors (Lipinski definition) is 2. The molecule has 0 saturated heterocycles. The molecule has 4 rings (SSSR count). The number of carboxylic acids is 1. The van der Waals surface area contributed by atoms with E-state index in [1.165, 1.54) is 12.1 Å². The maximum Gasteiger partial charge on any atom is 0.326 e. The number of carboxylic acid groups (broad SMARTS) is 1. The lowest BCUT2D eigenvalue weighted by molar-refractivity contribution is -0.139. The summed E-state index contributed by atoms with van der Waals surface area (Å²) in [6.07, 6.45) is 0.0576.